The summed E-state index contributed by atoms with van der Waals surface area (Å²) in [6, 6.07) is 7.89. The van der Waals surface area contributed by atoms with Crippen LogP contribution in [0.2, 0.25) is 0 Å². The molecule has 110 valence electrons. The van der Waals surface area contributed by atoms with Crippen molar-refractivity contribution in [2.45, 2.75) is 32.7 Å². The van der Waals surface area contributed by atoms with E-state index in [1.54, 1.807) is 0 Å². The molecule has 0 radical (unpaired) electrons. The molecule has 2 atom stereocenters. The van der Waals surface area contributed by atoms with Gasteiger partial charge in [-0.3, -0.25) is 4.79 Å². The van der Waals surface area contributed by atoms with Gasteiger partial charge in [-0.2, -0.15) is 0 Å². The largest absolute Gasteiger partial charge is 0.484 e. The third kappa shape index (κ3) is 3.97. The molecule has 1 amide bonds. The molecular formula is C16H24N2O2. The fraction of sp³-hybridized carbons (Fsp3) is 0.562. The first-order valence-corrected chi connectivity index (χ1v) is 7.29. The molecule has 4 nitrogen and oxygen atoms in total. The number of amides is 1. The third-order valence-corrected chi connectivity index (χ3v) is 3.94. The lowest BCUT2D eigenvalue weighted by Gasteiger charge is -2.34. The minimum absolute atomic E-state index is 0.0518. The maximum absolute atomic E-state index is 12.2. The van der Waals surface area contributed by atoms with E-state index in [9.17, 15) is 4.79 Å². The molecule has 1 aromatic carbocycles. The number of nitrogens with zero attached hydrogens (tertiary/aromatic N) is 1. The smallest absolute Gasteiger partial charge is 0.260 e. The summed E-state index contributed by atoms with van der Waals surface area (Å²) in [5.41, 5.74) is 7.12. The molecule has 2 rings (SSSR count). The van der Waals surface area contributed by atoms with Gasteiger partial charge in [0.1, 0.15) is 5.75 Å². The average Bonchev–Trinajstić information content (AvgIpc) is 2.46. The number of ether oxygens (including phenoxy) is 1. The highest BCUT2D eigenvalue weighted by atomic mass is 16.5. The highest BCUT2D eigenvalue weighted by Crippen LogP contribution is 2.19. The van der Waals surface area contributed by atoms with Gasteiger partial charge in [-0.15, -0.1) is 0 Å². The van der Waals surface area contributed by atoms with E-state index in [0.717, 1.165) is 31.7 Å². The number of rotatable bonds is 4. The van der Waals surface area contributed by atoms with E-state index in [4.69, 9.17) is 10.5 Å². The second-order valence-corrected chi connectivity index (χ2v) is 5.70. The van der Waals surface area contributed by atoms with Crippen LogP contribution in [0.15, 0.2) is 24.3 Å². The molecule has 0 spiro atoms. The number of nitrogens with two attached hydrogens (primary N) is 1. The van der Waals surface area contributed by atoms with Crippen LogP contribution in [0.1, 0.15) is 25.3 Å². The topological polar surface area (TPSA) is 55.6 Å². The summed E-state index contributed by atoms with van der Waals surface area (Å²) in [4.78, 5) is 14.0. The first-order chi connectivity index (χ1) is 9.56. The summed E-state index contributed by atoms with van der Waals surface area (Å²) in [5.74, 6) is 1.20. The number of likely N-dealkylation sites (tertiary alicyclic amines) is 1. The van der Waals surface area contributed by atoms with Gasteiger partial charge >= 0.3 is 0 Å². The number of hydrogen-bond donors (Lipinski definition) is 1. The van der Waals surface area contributed by atoms with Gasteiger partial charge in [0, 0.05) is 19.1 Å². The Bertz CT molecular complexity index is 442. The molecular weight excluding hydrogens is 252 g/mol. The molecule has 1 saturated heterocycles. The molecule has 2 N–H and O–H groups in total. The lowest BCUT2D eigenvalue weighted by atomic mass is 9.92. The Kier molecular flexibility index (Phi) is 5.01. The van der Waals surface area contributed by atoms with Crippen LogP contribution < -0.4 is 10.5 Å². The third-order valence-electron chi connectivity index (χ3n) is 3.94. The van der Waals surface area contributed by atoms with Gasteiger partial charge in [0.2, 0.25) is 0 Å². The van der Waals surface area contributed by atoms with Gasteiger partial charge in [-0.25, -0.2) is 0 Å². The lowest BCUT2D eigenvalue weighted by molar-refractivity contribution is -0.135. The normalized spacial score (nSPS) is 20.6. The van der Waals surface area contributed by atoms with E-state index in [1.165, 1.54) is 5.56 Å². The predicted octanol–water partition coefficient (Wildman–Crippen LogP) is 1.96. The Labute approximate surface area is 120 Å². The summed E-state index contributed by atoms with van der Waals surface area (Å²) >= 11 is 0. The van der Waals surface area contributed by atoms with Gasteiger partial charge in [0.25, 0.3) is 5.91 Å². The van der Waals surface area contributed by atoms with Crippen molar-refractivity contribution in [1.29, 1.82) is 0 Å². The SMILES string of the molecule is Cc1ccc(OCC(=O)N2CCCC(C(C)N)C2)cc1. The van der Waals surface area contributed by atoms with Crippen LogP contribution in [-0.2, 0) is 4.79 Å². The van der Waals surface area contributed by atoms with E-state index >= 15 is 0 Å². The van der Waals surface area contributed by atoms with Crippen LogP contribution in [0, 0.1) is 12.8 Å². The minimum atomic E-state index is 0.0518. The summed E-state index contributed by atoms with van der Waals surface area (Å²) in [6.07, 6.45) is 2.14. The van der Waals surface area contributed by atoms with Crippen LogP contribution in [0.4, 0.5) is 0 Å². The first kappa shape index (κ1) is 14.9. The van der Waals surface area contributed by atoms with Crippen LogP contribution in [0.5, 0.6) is 5.75 Å². The Morgan fingerprint density at radius 1 is 1.45 bits per heavy atom. The van der Waals surface area contributed by atoms with Crippen molar-refractivity contribution in [1.82, 2.24) is 4.90 Å². The fourth-order valence-corrected chi connectivity index (χ4v) is 2.54. The van der Waals surface area contributed by atoms with Crippen LogP contribution in [0.25, 0.3) is 0 Å². The van der Waals surface area contributed by atoms with Crippen molar-refractivity contribution < 1.29 is 9.53 Å². The zero-order chi connectivity index (χ0) is 14.5. The van der Waals surface area contributed by atoms with Gasteiger partial charge in [0.15, 0.2) is 6.61 Å². The summed E-state index contributed by atoms with van der Waals surface area (Å²) < 4.78 is 5.55. The van der Waals surface area contributed by atoms with Gasteiger partial charge in [-0.1, -0.05) is 17.7 Å². The van der Waals surface area contributed by atoms with E-state index in [0.29, 0.717) is 5.92 Å². The summed E-state index contributed by atoms with van der Waals surface area (Å²) in [7, 11) is 0. The van der Waals surface area contributed by atoms with Gasteiger partial charge in [-0.05, 0) is 44.7 Å². The molecule has 0 aliphatic carbocycles. The van der Waals surface area contributed by atoms with Crippen molar-refractivity contribution in [3.05, 3.63) is 29.8 Å². The van der Waals surface area contributed by atoms with Gasteiger partial charge in [0.05, 0.1) is 0 Å². The Morgan fingerprint density at radius 2 is 2.15 bits per heavy atom. The second kappa shape index (κ2) is 6.75. The fourth-order valence-electron chi connectivity index (χ4n) is 2.54. The molecule has 2 unspecified atom stereocenters. The van der Waals surface area contributed by atoms with Crippen molar-refractivity contribution in [2.75, 3.05) is 19.7 Å². The highest BCUT2D eigenvalue weighted by molar-refractivity contribution is 5.77. The number of benzene rings is 1. The first-order valence-electron chi connectivity index (χ1n) is 7.29. The predicted molar refractivity (Wildman–Crippen MR) is 79.6 cm³/mol. The van der Waals surface area contributed by atoms with E-state index < -0.39 is 0 Å². The lowest BCUT2D eigenvalue weighted by Crippen LogP contribution is -2.46. The molecule has 1 fully saturated rings. The van der Waals surface area contributed by atoms with E-state index in [-0.39, 0.29) is 18.6 Å². The monoisotopic (exact) mass is 276 g/mol. The maximum atomic E-state index is 12.2. The summed E-state index contributed by atoms with van der Waals surface area (Å²) in [5, 5.41) is 0. The standard InChI is InChI=1S/C16H24N2O2/c1-12-5-7-15(8-6-12)20-11-16(19)18-9-3-4-14(10-18)13(2)17/h5-8,13-14H,3-4,9-11,17H2,1-2H3. The number of piperidine rings is 1. The zero-order valence-electron chi connectivity index (χ0n) is 12.3. The summed E-state index contributed by atoms with van der Waals surface area (Å²) in [6.45, 7) is 5.72. The number of carbonyl (C=O) groups excluding carboxylic acids is 1. The van der Waals surface area contributed by atoms with Crippen molar-refractivity contribution in [3.63, 3.8) is 0 Å². The molecule has 1 aliphatic rings. The van der Waals surface area contributed by atoms with Crippen molar-refractivity contribution in [3.8, 4) is 5.75 Å². The molecule has 1 aliphatic heterocycles. The molecule has 0 bridgehead atoms. The minimum Gasteiger partial charge on any atom is -0.484 e. The quantitative estimate of drug-likeness (QED) is 0.914. The number of hydrogen-bond acceptors (Lipinski definition) is 3. The number of aryl methyl sites for hydroxylation is 1. The maximum Gasteiger partial charge on any atom is 0.260 e. The molecule has 1 aromatic rings. The van der Waals surface area contributed by atoms with E-state index in [2.05, 4.69) is 0 Å². The van der Waals surface area contributed by atoms with Crippen LogP contribution in [-0.4, -0.2) is 36.5 Å². The molecule has 4 heteroatoms. The highest BCUT2D eigenvalue weighted by Gasteiger charge is 2.25. The molecule has 20 heavy (non-hydrogen) atoms. The van der Waals surface area contributed by atoms with Crippen molar-refractivity contribution >= 4 is 5.91 Å². The Balaban J connectivity index is 1.83. The zero-order valence-corrected chi connectivity index (χ0v) is 12.3. The second-order valence-electron chi connectivity index (χ2n) is 5.70. The number of carbonyl (C=O) groups is 1. The average molecular weight is 276 g/mol. The van der Waals surface area contributed by atoms with E-state index in [1.807, 2.05) is 43.0 Å². The molecule has 0 saturated carbocycles. The Morgan fingerprint density at radius 3 is 2.80 bits per heavy atom. The molecule has 0 aromatic heterocycles. The van der Waals surface area contributed by atoms with Crippen LogP contribution in [0.3, 0.4) is 0 Å². The van der Waals surface area contributed by atoms with Gasteiger partial charge < -0.3 is 15.4 Å². The van der Waals surface area contributed by atoms with Crippen LogP contribution >= 0.6 is 0 Å². The molecule has 1 heterocycles. The Hall–Kier alpha value is -1.55. The van der Waals surface area contributed by atoms with Crippen molar-refractivity contribution in [2.24, 2.45) is 11.7 Å².